The second kappa shape index (κ2) is 7.13. The Kier molecular flexibility index (Phi) is 5.35. The van der Waals surface area contributed by atoms with Crippen molar-refractivity contribution in [1.82, 2.24) is 4.90 Å². The van der Waals surface area contributed by atoms with E-state index in [-0.39, 0.29) is 22.7 Å². The highest BCUT2D eigenvalue weighted by molar-refractivity contribution is 9.10. The Bertz CT molecular complexity index is 702. The first-order valence-corrected chi connectivity index (χ1v) is 9.82. The SMILES string of the molecule is O=C1/C(=C\c2cc(Br)cc(Cl)c2O)SC(=S)N1C1CCCCC1. The largest absolute Gasteiger partial charge is 0.506 e. The molecule has 1 aromatic carbocycles. The molecule has 1 saturated heterocycles. The van der Waals surface area contributed by atoms with Crippen LogP contribution in [0.15, 0.2) is 21.5 Å². The van der Waals surface area contributed by atoms with E-state index in [0.717, 1.165) is 30.2 Å². The van der Waals surface area contributed by atoms with Gasteiger partial charge < -0.3 is 5.11 Å². The lowest BCUT2D eigenvalue weighted by molar-refractivity contribution is -0.124. The lowest BCUT2D eigenvalue weighted by Gasteiger charge is -2.29. The monoisotopic (exact) mass is 431 g/mol. The molecule has 122 valence electrons. The van der Waals surface area contributed by atoms with Crippen LogP contribution < -0.4 is 0 Å². The number of halogens is 2. The van der Waals surface area contributed by atoms with E-state index in [9.17, 15) is 9.90 Å². The molecule has 2 aliphatic rings. The fourth-order valence-electron chi connectivity index (χ4n) is 2.97. The minimum Gasteiger partial charge on any atom is -0.506 e. The van der Waals surface area contributed by atoms with Crippen molar-refractivity contribution in [3.8, 4) is 5.75 Å². The van der Waals surface area contributed by atoms with Crippen molar-refractivity contribution in [2.75, 3.05) is 0 Å². The number of hydrogen-bond donors (Lipinski definition) is 1. The Morgan fingerprint density at radius 1 is 1.35 bits per heavy atom. The maximum absolute atomic E-state index is 12.7. The molecule has 2 fully saturated rings. The van der Waals surface area contributed by atoms with Crippen LogP contribution >= 0.6 is 51.5 Å². The summed E-state index contributed by atoms with van der Waals surface area (Å²) in [6.07, 6.45) is 7.19. The molecule has 1 heterocycles. The second-order valence-corrected chi connectivity index (χ2v) is 8.67. The van der Waals surface area contributed by atoms with Crippen molar-refractivity contribution in [3.63, 3.8) is 0 Å². The third-order valence-electron chi connectivity index (χ3n) is 4.11. The molecule has 3 rings (SSSR count). The number of amides is 1. The molecule has 23 heavy (non-hydrogen) atoms. The number of carbonyl (C=O) groups is 1. The van der Waals surface area contributed by atoms with E-state index in [0.29, 0.717) is 14.8 Å². The molecule has 1 aliphatic heterocycles. The number of nitrogens with zero attached hydrogens (tertiary/aromatic N) is 1. The van der Waals surface area contributed by atoms with Gasteiger partial charge in [0.05, 0.1) is 9.93 Å². The van der Waals surface area contributed by atoms with Crippen LogP contribution in [0.2, 0.25) is 5.02 Å². The lowest BCUT2D eigenvalue weighted by atomic mass is 9.94. The molecule has 7 heteroatoms. The average molecular weight is 433 g/mol. The van der Waals surface area contributed by atoms with Gasteiger partial charge in [-0.1, -0.05) is 70.8 Å². The van der Waals surface area contributed by atoms with Crippen molar-refractivity contribution < 1.29 is 9.90 Å². The molecule has 1 aliphatic carbocycles. The number of carbonyl (C=O) groups excluding carboxylic acids is 1. The van der Waals surface area contributed by atoms with Gasteiger partial charge in [0.15, 0.2) is 0 Å². The predicted molar refractivity (Wildman–Crippen MR) is 103 cm³/mol. The summed E-state index contributed by atoms with van der Waals surface area (Å²) in [5.74, 6) is -0.0970. The second-order valence-electron chi connectivity index (χ2n) is 5.67. The Balaban J connectivity index is 1.90. The van der Waals surface area contributed by atoms with Crippen LogP contribution in [0.5, 0.6) is 5.75 Å². The lowest BCUT2D eigenvalue weighted by Crippen LogP contribution is -2.39. The first-order chi connectivity index (χ1) is 11.0. The molecule has 0 aromatic heterocycles. The van der Waals surface area contributed by atoms with E-state index in [1.807, 2.05) is 0 Å². The molecule has 0 spiro atoms. The van der Waals surface area contributed by atoms with Crippen LogP contribution in [0.1, 0.15) is 37.7 Å². The van der Waals surface area contributed by atoms with Gasteiger partial charge in [0.25, 0.3) is 5.91 Å². The molecule has 0 unspecified atom stereocenters. The topological polar surface area (TPSA) is 40.5 Å². The van der Waals surface area contributed by atoms with Gasteiger partial charge in [-0.15, -0.1) is 0 Å². The Morgan fingerprint density at radius 2 is 2.04 bits per heavy atom. The third-order valence-corrected chi connectivity index (χ3v) is 6.18. The zero-order valence-corrected chi connectivity index (χ0v) is 16.2. The fraction of sp³-hybridized carbons (Fsp3) is 0.375. The van der Waals surface area contributed by atoms with Crippen LogP contribution in [0.4, 0.5) is 0 Å². The van der Waals surface area contributed by atoms with Gasteiger partial charge in [-0.05, 0) is 31.1 Å². The number of phenolic OH excluding ortho intramolecular Hbond substituents is 1. The molecular weight excluding hydrogens is 418 g/mol. The Morgan fingerprint density at radius 3 is 2.74 bits per heavy atom. The maximum Gasteiger partial charge on any atom is 0.266 e. The summed E-state index contributed by atoms with van der Waals surface area (Å²) in [4.78, 5) is 15.0. The van der Waals surface area contributed by atoms with Crippen LogP contribution in [0.25, 0.3) is 6.08 Å². The zero-order chi connectivity index (χ0) is 16.6. The van der Waals surface area contributed by atoms with Gasteiger partial charge in [0.2, 0.25) is 0 Å². The van der Waals surface area contributed by atoms with Gasteiger partial charge in [-0.2, -0.15) is 0 Å². The van der Waals surface area contributed by atoms with E-state index < -0.39 is 0 Å². The minimum atomic E-state index is -0.0672. The number of hydrogen-bond acceptors (Lipinski definition) is 4. The highest BCUT2D eigenvalue weighted by Crippen LogP contribution is 2.39. The van der Waals surface area contributed by atoms with Gasteiger partial charge in [-0.3, -0.25) is 9.69 Å². The number of aromatic hydroxyl groups is 1. The van der Waals surface area contributed by atoms with Crippen molar-refractivity contribution in [1.29, 1.82) is 0 Å². The van der Waals surface area contributed by atoms with Gasteiger partial charge in [0.1, 0.15) is 10.1 Å². The zero-order valence-electron chi connectivity index (χ0n) is 12.2. The summed E-state index contributed by atoms with van der Waals surface area (Å²) >= 11 is 16.0. The summed E-state index contributed by atoms with van der Waals surface area (Å²) in [7, 11) is 0. The van der Waals surface area contributed by atoms with Gasteiger partial charge in [-0.25, -0.2) is 0 Å². The highest BCUT2D eigenvalue weighted by atomic mass is 79.9. The first kappa shape index (κ1) is 17.3. The number of benzene rings is 1. The van der Waals surface area contributed by atoms with Crippen molar-refractivity contribution >= 4 is 67.8 Å². The molecular formula is C16H15BrClNO2S2. The highest BCUT2D eigenvalue weighted by Gasteiger charge is 2.37. The first-order valence-electron chi connectivity index (χ1n) is 7.42. The standard InChI is InChI=1S/C16H15BrClNO2S2/c17-10-6-9(14(20)12(18)8-10)7-13-15(21)19(16(22)23-13)11-4-2-1-3-5-11/h6-8,11,20H,1-5H2/b13-7+. The number of thioether (sulfide) groups is 1. The van der Waals surface area contributed by atoms with E-state index in [1.54, 1.807) is 23.1 Å². The maximum atomic E-state index is 12.7. The predicted octanol–water partition coefficient (Wildman–Crippen LogP) is 5.34. The quantitative estimate of drug-likeness (QED) is 0.506. The third kappa shape index (κ3) is 3.60. The number of thiocarbonyl (C=S) groups is 1. The molecule has 0 bridgehead atoms. The molecule has 0 radical (unpaired) electrons. The van der Waals surface area contributed by atoms with E-state index >= 15 is 0 Å². The molecule has 1 aromatic rings. The van der Waals surface area contributed by atoms with Crippen LogP contribution in [0.3, 0.4) is 0 Å². The average Bonchev–Trinajstić information content (AvgIpc) is 2.79. The van der Waals surface area contributed by atoms with Crippen LogP contribution in [0, 0.1) is 0 Å². The minimum absolute atomic E-state index is 0.0298. The van der Waals surface area contributed by atoms with Crippen molar-refractivity contribution in [2.45, 2.75) is 38.1 Å². The molecule has 0 atom stereocenters. The molecule has 3 nitrogen and oxygen atoms in total. The summed E-state index contributed by atoms with van der Waals surface area (Å²) in [6, 6.07) is 3.55. The van der Waals surface area contributed by atoms with E-state index in [4.69, 9.17) is 23.8 Å². The summed E-state index contributed by atoms with van der Waals surface area (Å²) in [5, 5.41) is 10.3. The smallest absolute Gasteiger partial charge is 0.266 e. The molecule has 1 saturated carbocycles. The van der Waals surface area contributed by atoms with Gasteiger partial charge in [0, 0.05) is 16.1 Å². The van der Waals surface area contributed by atoms with Crippen LogP contribution in [-0.4, -0.2) is 26.3 Å². The number of rotatable bonds is 2. The fourth-order valence-corrected chi connectivity index (χ4v) is 5.20. The number of phenols is 1. The molecule has 1 amide bonds. The molecule has 1 N–H and O–H groups in total. The summed E-state index contributed by atoms with van der Waals surface area (Å²) in [5.41, 5.74) is 0.508. The normalized spacial score (nSPS) is 21.5. The summed E-state index contributed by atoms with van der Waals surface area (Å²) in [6.45, 7) is 0. The van der Waals surface area contributed by atoms with Crippen molar-refractivity contribution in [3.05, 3.63) is 32.1 Å². The van der Waals surface area contributed by atoms with Crippen molar-refractivity contribution in [2.24, 2.45) is 0 Å². The van der Waals surface area contributed by atoms with E-state index in [2.05, 4.69) is 15.9 Å². The van der Waals surface area contributed by atoms with E-state index in [1.165, 1.54) is 18.2 Å². The van der Waals surface area contributed by atoms with Gasteiger partial charge >= 0.3 is 0 Å². The Labute approximate surface area is 158 Å². The van der Waals surface area contributed by atoms with Crippen LogP contribution in [-0.2, 0) is 4.79 Å². The Hall–Kier alpha value is -0.560. The summed E-state index contributed by atoms with van der Waals surface area (Å²) < 4.78 is 1.35.